The molecule has 2 aromatic rings. The molecule has 0 spiro atoms. The molecule has 0 aliphatic rings. The van der Waals surface area contributed by atoms with Gasteiger partial charge in [0.1, 0.15) is 6.04 Å². The Balaban J connectivity index is 0.00000220. The fraction of sp³-hybridized carbons (Fsp3) is 0.167. The molecule has 0 radical (unpaired) electrons. The Bertz CT molecular complexity index is 623. The fourth-order valence-electron chi connectivity index (χ4n) is 1.65. The van der Waals surface area contributed by atoms with E-state index >= 15 is 0 Å². The van der Waals surface area contributed by atoms with Gasteiger partial charge in [0, 0.05) is 28.9 Å². The monoisotopic (exact) mass is 343 g/mol. The van der Waals surface area contributed by atoms with Crippen LogP contribution >= 0.6 is 24.8 Å². The third kappa shape index (κ3) is 4.94. The van der Waals surface area contributed by atoms with Crippen LogP contribution in [-0.4, -0.2) is 28.7 Å². The van der Waals surface area contributed by atoms with Crippen LogP contribution in [0.4, 0.5) is 5.69 Å². The van der Waals surface area contributed by atoms with Gasteiger partial charge < -0.3 is 11.1 Å². The van der Waals surface area contributed by atoms with Crippen LogP contribution in [0.2, 0.25) is 0 Å². The summed E-state index contributed by atoms with van der Waals surface area (Å²) in [5, 5.41) is 12.6. The lowest BCUT2D eigenvalue weighted by molar-refractivity contribution is -0.117. The Morgan fingerprint density at radius 1 is 1.36 bits per heavy atom. The van der Waals surface area contributed by atoms with Crippen molar-refractivity contribution in [3.63, 3.8) is 0 Å². The Labute approximate surface area is 138 Å². The van der Waals surface area contributed by atoms with Gasteiger partial charge in [-0.15, -0.1) is 24.8 Å². The zero-order valence-corrected chi connectivity index (χ0v) is 13.0. The van der Waals surface area contributed by atoms with Gasteiger partial charge in [0.25, 0.3) is 0 Å². The maximum atomic E-state index is 11.8. The molecule has 0 saturated carbocycles. The molecule has 10 heteroatoms. The third-order valence-electron chi connectivity index (χ3n) is 2.70. The molecule has 1 heterocycles. The molecule has 1 aromatic carbocycles. The number of halogens is 2. The quantitative estimate of drug-likeness (QED) is 0.437. The van der Waals surface area contributed by atoms with E-state index in [-0.39, 0.29) is 31.4 Å². The van der Waals surface area contributed by atoms with Gasteiger partial charge in [-0.3, -0.25) is 9.89 Å². The molecule has 4 N–H and O–H groups in total. The number of amides is 1. The van der Waals surface area contributed by atoms with Gasteiger partial charge in [-0.1, -0.05) is 17.2 Å². The Hall–Kier alpha value is -2.25. The number of nitrogens with two attached hydrogens (primary N) is 1. The lowest BCUT2D eigenvalue weighted by Gasteiger charge is -2.10. The highest BCUT2D eigenvalue weighted by atomic mass is 35.5. The summed E-state index contributed by atoms with van der Waals surface area (Å²) in [6.07, 6.45) is 3.49. The van der Waals surface area contributed by atoms with E-state index in [1.54, 1.807) is 24.5 Å². The minimum absolute atomic E-state index is 0. The van der Waals surface area contributed by atoms with Crippen LogP contribution in [0.3, 0.4) is 0 Å². The summed E-state index contributed by atoms with van der Waals surface area (Å²) < 4.78 is 0. The van der Waals surface area contributed by atoms with Crippen LogP contribution in [-0.2, 0) is 4.79 Å². The summed E-state index contributed by atoms with van der Waals surface area (Å²) in [5.74, 6) is -0.429. The first kappa shape index (κ1) is 19.8. The molecule has 0 aliphatic carbocycles. The van der Waals surface area contributed by atoms with E-state index in [0.717, 1.165) is 11.1 Å². The molecule has 0 bridgehead atoms. The highest BCUT2D eigenvalue weighted by molar-refractivity contribution is 5.95. The van der Waals surface area contributed by atoms with Crippen LogP contribution in [0.1, 0.15) is 0 Å². The Morgan fingerprint density at radius 2 is 2.05 bits per heavy atom. The SMILES string of the molecule is Cl.Cl.[N-]=[N+]=NC(CN)C(=O)Nc1ccc(-c2cn[nH]c2)cc1. The van der Waals surface area contributed by atoms with Crippen molar-refractivity contribution in [3.05, 3.63) is 47.1 Å². The number of nitrogens with zero attached hydrogens (tertiary/aromatic N) is 4. The molecule has 0 saturated heterocycles. The molecule has 22 heavy (non-hydrogen) atoms. The van der Waals surface area contributed by atoms with E-state index in [1.165, 1.54) is 0 Å². The molecule has 118 valence electrons. The number of anilines is 1. The first-order chi connectivity index (χ1) is 9.74. The maximum absolute atomic E-state index is 11.8. The van der Waals surface area contributed by atoms with Crippen molar-refractivity contribution in [2.45, 2.75) is 6.04 Å². The zero-order valence-electron chi connectivity index (χ0n) is 11.3. The summed E-state index contributed by atoms with van der Waals surface area (Å²) in [5.41, 5.74) is 16.2. The van der Waals surface area contributed by atoms with Crippen LogP contribution < -0.4 is 11.1 Å². The van der Waals surface area contributed by atoms with Gasteiger partial charge >= 0.3 is 0 Å². The van der Waals surface area contributed by atoms with Gasteiger partial charge in [-0.2, -0.15) is 5.10 Å². The van der Waals surface area contributed by atoms with E-state index < -0.39 is 11.9 Å². The van der Waals surface area contributed by atoms with Crippen LogP contribution in [0, 0.1) is 0 Å². The lowest BCUT2D eigenvalue weighted by atomic mass is 10.1. The number of carbonyl (C=O) groups is 1. The van der Waals surface area contributed by atoms with Gasteiger partial charge in [-0.05, 0) is 23.2 Å². The highest BCUT2D eigenvalue weighted by Gasteiger charge is 2.14. The standard InChI is InChI=1S/C12H13N7O.2ClH/c13-5-11(18-19-14)12(20)17-10-3-1-8(2-4-10)9-6-15-16-7-9;;/h1-4,6-7,11H,5,13H2,(H,15,16)(H,17,20);2*1H. The maximum Gasteiger partial charge on any atom is 0.234 e. The molecular weight excluding hydrogens is 329 g/mol. The van der Waals surface area contributed by atoms with Crippen molar-refractivity contribution in [3.8, 4) is 11.1 Å². The highest BCUT2D eigenvalue weighted by Crippen LogP contribution is 2.20. The first-order valence-corrected chi connectivity index (χ1v) is 5.89. The number of aromatic nitrogens is 2. The largest absolute Gasteiger partial charge is 0.330 e. The number of hydrogen-bond donors (Lipinski definition) is 3. The Morgan fingerprint density at radius 3 is 2.55 bits per heavy atom. The van der Waals surface area contributed by atoms with Gasteiger partial charge in [0.15, 0.2) is 0 Å². The van der Waals surface area contributed by atoms with Crippen molar-refractivity contribution >= 4 is 36.4 Å². The number of hydrogen-bond acceptors (Lipinski definition) is 4. The van der Waals surface area contributed by atoms with Crippen molar-refractivity contribution in [1.29, 1.82) is 0 Å². The predicted octanol–water partition coefficient (Wildman–Crippen LogP) is 2.50. The van der Waals surface area contributed by atoms with Crippen molar-refractivity contribution in [2.75, 3.05) is 11.9 Å². The van der Waals surface area contributed by atoms with E-state index in [2.05, 4.69) is 25.5 Å². The van der Waals surface area contributed by atoms with Gasteiger partial charge in [0.2, 0.25) is 5.91 Å². The molecule has 0 fully saturated rings. The third-order valence-corrected chi connectivity index (χ3v) is 2.70. The molecule has 1 atom stereocenters. The molecule has 1 amide bonds. The molecule has 8 nitrogen and oxygen atoms in total. The topological polar surface area (TPSA) is 133 Å². The second-order valence-electron chi connectivity index (χ2n) is 4.01. The van der Waals surface area contributed by atoms with Crippen LogP contribution in [0.25, 0.3) is 21.6 Å². The molecule has 2 rings (SSSR count). The number of nitrogens with one attached hydrogen (secondary N) is 2. The fourth-order valence-corrected chi connectivity index (χ4v) is 1.65. The molecule has 1 unspecified atom stereocenters. The van der Waals surface area contributed by atoms with Crippen molar-refractivity contribution in [2.24, 2.45) is 10.8 Å². The Kier molecular flexibility index (Phi) is 8.66. The average Bonchev–Trinajstić information content (AvgIpc) is 2.99. The average molecular weight is 344 g/mol. The number of rotatable bonds is 5. The first-order valence-electron chi connectivity index (χ1n) is 5.89. The van der Waals surface area contributed by atoms with Gasteiger partial charge in [0.05, 0.1) is 6.20 Å². The number of azide groups is 1. The second kappa shape index (κ2) is 9.64. The normalized spacial score (nSPS) is 10.4. The summed E-state index contributed by atoms with van der Waals surface area (Å²) >= 11 is 0. The van der Waals surface area contributed by atoms with Crippen molar-refractivity contribution < 1.29 is 4.79 Å². The van der Waals surface area contributed by atoms with E-state index in [4.69, 9.17) is 11.3 Å². The summed E-state index contributed by atoms with van der Waals surface area (Å²) in [6.45, 7) is -0.0387. The van der Waals surface area contributed by atoms with E-state index in [9.17, 15) is 4.79 Å². The summed E-state index contributed by atoms with van der Waals surface area (Å²) in [7, 11) is 0. The number of benzene rings is 1. The van der Waals surface area contributed by atoms with Crippen molar-refractivity contribution in [1.82, 2.24) is 10.2 Å². The number of aromatic amines is 1. The summed E-state index contributed by atoms with van der Waals surface area (Å²) in [4.78, 5) is 14.4. The van der Waals surface area contributed by atoms with E-state index in [1.807, 2.05) is 12.1 Å². The minimum atomic E-state index is -0.909. The number of H-pyrrole nitrogens is 1. The molecular formula is C12H15Cl2N7O. The van der Waals surface area contributed by atoms with Crippen LogP contribution in [0.5, 0.6) is 0 Å². The van der Waals surface area contributed by atoms with Crippen LogP contribution in [0.15, 0.2) is 41.8 Å². The summed E-state index contributed by atoms with van der Waals surface area (Å²) in [6, 6.07) is 6.30. The number of carbonyl (C=O) groups excluding carboxylic acids is 1. The minimum Gasteiger partial charge on any atom is -0.330 e. The van der Waals surface area contributed by atoms with E-state index in [0.29, 0.717) is 5.69 Å². The molecule has 1 aromatic heterocycles. The predicted molar refractivity (Wildman–Crippen MR) is 89.1 cm³/mol. The molecule has 0 aliphatic heterocycles. The zero-order chi connectivity index (χ0) is 14.4. The smallest absolute Gasteiger partial charge is 0.234 e. The van der Waals surface area contributed by atoms with Gasteiger partial charge in [-0.25, -0.2) is 0 Å². The lowest BCUT2D eigenvalue weighted by Crippen LogP contribution is -2.32. The second-order valence-corrected chi connectivity index (χ2v) is 4.01.